The van der Waals surface area contributed by atoms with Gasteiger partial charge in [-0.05, 0) is 29.8 Å². The number of ether oxygens (including phenoxy) is 2. The molecule has 0 saturated heterocycles. The molecule has 5 nitrogen and oxygen atoms in total. The molecular formula is C21H30IN3O2S. The zero-order valence-corrected chi connectivity index (χ0v) is 19.8. The highest BCUT2D eigenvalue weighted by Gasteiger charge is 2.06. The van der Waals surface area contributed by atoms with Crippen molar-refractivity contribution in [1.82, 2.24) is 10.6 Å². The van der Waals surface area contributed by atoms with Crippen LogP contribution in [0.1, 0.15) is 12.5 Å². The lowest BCUT2D eigenvalue weighted by Crippen LogP contribution is -2.39. The highest BCUT2D eigenvalue weighted by Crippen LogP contribution is 2.21. The summed E-state index contributed by atoms with van der Waals surface area (Å²) >= 11 is 1.85. The topological polar surface area (TPSA) is 54.9 Å². The van der Waals surface area contributed by atoms with Crippen LogP contribution in [0.2, 0.25) is 0 Å². The molecule has 2 aromatic rings. The third-order valence-corrected chi connectivity index (χ3v) is 4.89. The van der Waals surface area contributed by atoms with Gasteiger partial charge < -0.3 is 20.1 Å². The van der Waals surface area contributed by atoms with Crippen molar-refractivity contribution >= 4 is 41.7 Å². The Balaban J connectivity index is 0.00000392. The lowest BCUT2D eigenvalue weighted by atomic mass is 10.2. The summed E-state index contributed by atoms with van der Waals surface area (Å²) < 4.78 is 10.7. The summed E-state index contributed by atoms with van der Waals surface area (Å²) in [5.41, 5.74) is 1.14. The van der Waals surface area contributed by atoms with E-state index >= 15 is 0 Å². The minimum atomic E-state index is 0. The first kappa shape index (κ1) is 24.6. The number of thioether (sulfide) groups is 1. The summed E-state index contributed by atoms with van der Waals surface area (Å²) in [6.07, 6.45) is 0. The quantitative estimate of drug-likeness (QED) is 0.164. The van der Waals surface area contributed by atoms with Crippen molar-refractivity contribution in [3.05, 3.63) is 60.2 Å². The van der Waals surface area contributed by atoms with Crippen molar-refractivity contribution < 1.29 is 9.47 Å². The maximum Gasteiger partial charge on any atom is 0.191 e. The molecule has 0 aliphatic carbocycles. The van der Waals surface area contributed by atoms with Crippen molar-refractivity contribution in [3.8, 4) is 5.75 Å². The van der Waals surface area contributed by atoms with Crippen LogP contribution in [0.4, 0.5) is 0 Å². The van der Waals surface area contributed by atoms with E-state index in [4.69, 9.17) is 9.47 Å². The molecule has 0 amide bonds. The van der Waals surface area contributed by atoms with Crippen molar-refractivity contribution in [3.63, 3.8) is 0 Å². The second-order valence-corrected chi connectivity index (χ2v) is 7.55. The number of hydrogen-bond donors (Lipinski definition) is 2. The van der Waals surface area contributed by atoms with Gasteiger partial charge in [0.05, 0.1) is 6.61 Å². The Labute approximate surface area is 189 Å². The van der Waals surface area contributed by atoms with Crippen LogP contribution in [0, 0.1) is 0 Å². The fourth-order valence-electron chi connectivity index (χ4n) is 2.41. The second kappa shape index (κ2) is 14.5. The normalized spacial score (nSPS) is 12.0. The van der Waals surface area contributed by atoms with Crippen molar-refractivity contribution in [2.45, 2.75) is 23.6 Å². The van der Waals surface area contributed by atoms with Crippen LogP contribution in [0.25, 0.3) is 0 Å². The molecule has 0 aliphatic rings. The van der Waals surface area contributed by atoms with Crippen LogP contribution in [-0.2, 0) is 11.3 Å². The molecule has 1 unspecified atom stereocenters. The molecule has 0 spiro atoms. The van der Waals surface area contributed by atoms with Gasteiger partial charge in [-0.25, -0.2) is 0 Å². The maximum atomic E-state index is 5.65. The zero-order chi connectivity index (χ0) is 19.3. The number of nitrogens with one attached hydrogen (secondary N) is 2. The molecule has 2 aromatic carbocycles. The number of nitrogens with zero attached hydrogens (tertiary/aromatic N) is 1. The average molecular weight is 515 g/mol. The summed E-state index contributed by atoms with van der Waals surface area (Å²) in [5, 5.41) is 7.17. The Morgan fingerprint density at radius 1 is 1.07 bits per heavy atom. The molecule has 154 valence electrons. The molecule has 0 heterocycles. The first-order valence-electron chi connectivity index (χ1n) is 9.08. The molecule has 28 heavy (non-hydrogen) atoms. The van der Waals surface area contributed by atoms with Gasteiger partial charge in [0, 0.05) is 37.4 Å². The van der Waals surface area contributed by atoms with Crippen molar-refractivity contribution in [2.24, 2.45) is 4.99 Å². The number of methoxy groups -OCH3 is 1. The first-order valence-corrected chi connectivity index (χ1v) is 9.96. The Morgan fingerprint density at radius 3 is 2.57 bits per heavy atom. The predicted molar refractivity (Wildman–Crippen MR) is 129 cm³/mol. The maximum absolute atomic E-state index is 5.65. The molecule has 7 heteroatoms. The molecule has 0 bridgehead atoms. The van der Waals surface area contributed by atoms with E-state index in [0.717, 1.165) is 23.8 Å². The van der Waals surface area contributed by atoms with Gasteiger partial charge in [-0.2, -0.15) is 0 Å². The molecular weight excluding hydrogens is 485 g/mol. The van der Waals surface area contributed by atoms with E-state index in [-0.39, 0.29) is 24.0 Å². The second-order valence-electron chi connectivity index (χ2n) is 6.04. The van der Waals surface area contributed by atoms with E-state index in [1.807, 2.05) is 36.0 Å². The number of hydrogen-bond acceptors (Lipinski definition) is 4. The number of aliphatic imine (C=N–C) groups is 1. The highest BCUT2D eigenvalue weighted by molar-refractivity contribution is 14.0. The van der Waals surface area contributed by atoms with Crippen LogP contribution >= 0.6 is 35.7 Å². The SMILES string of the molecule is CN=C(NCc1cccc(OCCOC)c1)NCC(C)Sc1ccccc1.I. The van der Waals surface area contributed by atoms with E-state index in [1.165, 1.54) is 4.90 Å². The van der Waals surface area contributed by atoms with Crippen LogP contribution in [0.15, 0.2) is 64.5 Å². The average Bonchev–Trinajstić information content (AvgIpc) is 2.69. The summed E-state index contributed by atoms with van der Waals surface area (Å²) in [4.78, 5) is 5.58. The van der Waals surface area contributed by atoms with Crippen LogP contribution in [0.5, 0.6) is 5.75 Å². The summed E-state index contributed by atoms with van der Waals surface area (Å²) in [6.45, 7) is 4.85. The summed E-state index contributed by atoms with van der Waals surface area (Å²) in [5.74, 6) is 1.64. The minimum Gasteiger partial charge on any atom is -0.491 e. The summed E-state index contributed by atoms with van der Waals surface area (Å²) in [7, 11) is 3.45. The van der Waals surface area contributed by atoms with E-state index in [0.29, 0.717) is 25.0 Å². The monoisotopic (exact) mass is 515 g/mol. The fourth-order valence-corrected chi connectivity index (χ4v) is 3.35. The Bertz CT molecular complexity index is 701. The number of benzene rings is 2. The minimum absolute atomic E-state index is 0. The van der Waals surface area contributed by atoms with Crippen LogP contribution in [0.3, 0.4) is 0 Å². The fraction of sp³-hybridized carbons (Fsp3) is 0.381. The van der Waals surface area contributed by atoms with Gasteiger partial charge in [0.15, 0.2) is 5.96 Å². The Hall–Kier alpha value is -1.45. The van der Waals surface area contributed by atoms with E-state index < -0.39 is 0 Å². The summed E-state index contributed by atoms with van der Waals surface area (Å²) in [6, 6.07) is 18.5. The third kappa shape index (κ3) is 9.66. The molecule has 0 fully saturated rings. The third-order valence-electron chi connectivity index (χ3n) is 3.78. The van der Waals surface area contributed by atoms with Gasteiger partial charge in [0.1, 0.15) is 12.4 Å². The number of rotatable bonds is 10. The van der Waals surface area contributed by atoms with E-state index in [9.17, 15) is 0 Å². The van der Waals surface area contributed by atoms with Gasteiger partial charge in [0.2, 0.25) is 0 Å². The first-order chi connectivity index (χ1) is 13.2. The highest BCUT2D eigenvalue weighted by atomic mass is 127. The largest absolute Gasteiger partial charge is 0.491 e. The van der Waals surface area contributed by atoms with Crippen LogP contribution < -0.4 is 15.4 Å². The van der Waals surface area contributed by atoms with Crippen molar-refractivity contribution in [2.75, 3.05) is 33.9 Å². The lowest BCUT2D eigenvalue weighted by Gasteiger charge is -2.16. The lowest BCUT2D eigenvalue weighted by molar-refractivity contribution is 0.146. The van der Waals surface area contributed by atoms with Gasteiger partial charge in [-0.15, -0.1) is 35.7 Å². The van der Waals surface area contributed by atoms with Crippen LogP contribution in [-0.4, -0.2) is 45.1 Å². The Morgan fingerprint density at radius 2 is 1.86 bits per heavy atom. The van der Waals surface area contributed by atoms with E-state index in [2.05, 4.69) is 52.9 Å². The zero-order valence-electron chi connectivity index (χ0n) is 16.7. The van der Waals surface area contributed by atoms with Crippen molar-refractivity contribution in [1.29, 1.82) is 0 Å². The Kier molecular flexibility index (Phi) is 12.8. The van der Waals surface area contributed by atoms with Gasteiger partial charge in [0.25, 0.3) is 0 Å². The van der Waals surface area contributed by atoms with E-state index in [1.54, 1.807) is 14.2 Å². The number of halogens is 1. The molecule has 2 N–H and O–H groups in total. The molecule has 1 atom stereocenters. The molecule has 0 radical (unpaired) electrons. The van der Waals surface area contributed by atoms with Gasteiger partial charge >= 0.3 is 0 Å². The predicted octanol–water partition coefficient (Wildman–Crippen LogP) is 4.18. The van der Waals surface area contributed by atoms with Gasteiger partial charge in [-0.3, -0.25) is 4.99 Å². The van der Waals surface area contributed by atoms with Gasteiger partial charge in [-0.1, -0.05) is 37.3 Å². The smallest absolute Gasteiger partial charge is 0.191 e. The molecule has 0 aliphatic heterocycles. The molecule has 0 saturated carbocycles. The standard InChI is InChI=1S/C21H29N3O2S.HI/c1-17(27-20-10-5-4-6-11-20)15-23-21(22-2)24-16-18-8-7-9-19(14-18)26-13-12-25-3;/h4-11,14,17H,12-13,15-16H2,1-3H3,(H2,22,23,24);1H. The molecule has 0 aromatic heterocycles. The number of guanidine groups is 1. The molecule has 2 rings (SSSR count).